The molecule has 0 radical (unpaired) electrons. The summed E-state index contributed by atoms with van der Waals surface area (Å²) in [6.07, 6.45) is 3.21. The Balaban J connectivity index is 1.52. The summed E-state index contributed by atoms with van der Waals surface area (Å²) in [5.74, 6) is 1.18. The fourth-order valence-corrected chi connectivity index (χ4v) is 3.04. The molecule has 0 fully saturated rings. The summed E-state index contributed by atoms with van der Waals surface area (Å²) >= 11 is 3.33. The number of aromatic nitrogens is 3. The third kappa shape index (κ3) is 5.06. The number of rotatable bonds is 6. The van der Waals surface area contributed by atoms with E-state index in [2.05, 4.69) is 41.4 Å². The predicted molar refractivity (Wildman–Crippen MR) is 125 cm³/mol. The van der Waals surface area contributed by atoms with E-state index < -0.39 is 5.56 Å². The molecule has 0 aliphatic rings. The van der Waals surface area contributed by atoms with Crippen molar-refractivity contribution >= 4 is 28.1 Å². The van der Waals surface area contributed by atoms with E-state index in [-0.39, 0.29) is 17.2 Å². The molecule has 2 heterocycles. The second-order valence-corrected chi connectivity index (χ2v) is 7.39. The van der Waals surface area contributed by atoms with Crippen molar-refractivity contribution in [2.45, 2.75) is 0 Å². The summed E-state index contributed by atoms with van der Waals surface area (Å²) in [7, 11) is 0. The van der Waals surface area contributed by atoms with Crippen molar-refractivity contribution in [2.24, 2.45) is 5.10 Å². The highest BCUT2D eigenvalue weighted by Gasteiger charge is 2.12. The zero-order valence-corrected chi connectivity index (χ0v) is 18.1. The van der Waals surface area contributed by atoms with E-state index in [1.807, 2.05) is 42.5 Å². The van der Waals surface area contributed by atoms with Crippen LogP contribution in [0.2, 0.25) is 0 Å². The molecule has 0 unspecified atom stereocenters. The number of hydrogen-bond acceptors (Lipinski definition) is 7. The predicted octanol–water partition coefficient (Wildman–Crippen LogP) is 4.70. The van der Waals surface area contributed by atoms with Gasteiger partial charge in [0.1, 0.15) is 17.4 Å². The monoisotopic (exact) mass is 486 g/mol. The van der Waals surface area contributed by atoms with E-state index in [4.69, 9.17) is 4.74 Å². The minimum absolute atomic E-state index is 0.0582. The highest BCUT2D eigenvalue weighted by atomic mass is 79.9. The Kier molecular flexibility index (Phi) is 6.34. The molecule has 0 atom stereocenters. The number of ether oxygens (including phenoxy) is 1. The van der Waals surface area contributed by atoms with Crippen molar-refractivity contribution in [3.05, 3.63) is 98.9 Å². The van der Waals surface area contributed by atoms with Gasteiger partial charge in [0.15, 0.2) is 0 Å². The number of nitrogens with zero attached hydrogens (tertiary/aromatic N) is 4. The molecular formula is C23H15BrN6O2. The SMILES string of the molecule is N#Cc1c(-c2ccccc2)nc(NN=Cc2cccc(Oc3ccc(Br)cn3)c2)[nH]c1=O. The highest BCUT2D eigenvalue weighted by molar-refractivity contribution is 9.10. The van der Waals surface area contributed by atoms with Crippen molar-refractivity contribution in [2.75, 3.05) is 5.43 Å². The number of halogens is 1. The van der Waals surface area contributed by atoms with Gasteiger partial charge in [0.2, 0.25) is 11.8 Å². The Morgan fingerprint density at radius 1 is 1.12 bits per heavy atom. The van der Waals surface area contributed by atoms with Gasteiger partial charge in [-0.2, -0.15) is 10.4 Å². The molecule has 2 aromatic carbocycles. The van der Waals surface area contributed by atoms with Gasteiger partial charge in [-0.25, -0.2) is 15.4 Å². The van der Waals surface area contributed by atoms with Gasteiger partial charge in [-0.1, -0.05) is 42.5 Å². The summed E-state index contributed by atoms with van der Waals surface area (Å²) in [6.45, 7) is 0. The molecule has 0 saturated carbocycles. The molecule has 0 aliphatic heterocycles. The quantitative estimate of drug-likeness (QED) is 0.301. The maximum absolute atomic E-state index is 12.3. The second kappa shape index (κ2) is 9.68. The minimum Gasteiger partial charge on any atom is -0.439 e. The number of benzene rings is 2. The zero-order chi connectivity index (χ0) is 22.3. The number of nitrogens with one attached hydrogen (secondary N) is 2. The fraction of sp³-hybridized carbons (Fsp3) is 0. The van der Waals surface area contributed by atoms with Gasteiger partial charge in [-0.3, -0.25) is 9.78 Å². The van der Waals surface area contributed by atoms with E-state index in [1.54, 1.807) is 42.7 Å². The molecule has 0 amide bonds. The molecule has 0 bridgehead atoms. The Hall–Kier alpha value is -4.29. The molecule has 0 spiro atoms. The molecule has 4 aromatic rings. The van der Waals surface area contributed by atoms with Gasteiger partial charge in [-0.15, -0.1) is 0 Å². The third-order valence-electron chi connectivity index (χ3n) is 4.24. The van der Waals surface area contributed by atoms with E-state index in [9.17, 15) is 10.1 Å². The summed E-state index contributed by atoms with van der Waals surface area (Å²) in [5, 5.41) is 13.5. The first-order valence-electron chi connectivity index (χ1n) is 9.41. The molecule has 32 heavy (non-hydrogen) atoms. The molecule has 0 saturated heterocycles. The Morgan fingerprint density at radius 2 is 1.97 bits per heavy atom. The first kappa shape index (κ1) is 21.0. The molecule has 0 aliphatic carbocycles. The first-order chi connectivity index (χ1) is 15.6. The Bertz CT molecular complexity index is 1360. The molecule has 9 heteroatoms. The van der Waals surface area contributed by atoms with Crippen LogP contribution in [0.1, 0.15) is 11.1 Å². The lowest BCUT2D eigenvalue weighted by atomic mass is 10.1. The van der Waals surface area contributed by atoms with Crippen LogP contribution < -0.4 is 15.7 Å². The van der Waals surface area contributed by atoms with Crippen molar-refractivity contribution < 1.29 is 4.74 Å². The lowest BCUT2D eigenvalue weighted by Crippen LogP contribution is -2.16. The third-order valence-corrected chi connectivity index (χ3v) is 4.71. The number of anilines is 1. The normalized spacial score (nSPS) is 10.6. The van der Waals surface area contributed by atoms with Gasteiger partial charge in [-0.05, 0) is 39.7 Å². The summed E-state index contributed by atoms with van der Waals surface area (Å²) in [6, 6.07) is 21.8. The second-order valence-electron chi connectivity index (χ2n) is 6.48. The van der Waals surface area contributed by atoms with E-state index in [0.717, 1.165) is 10.0 Å². The van der Waals surface area contributed by atoms with Gasteiger partial charge in [0.05, 0.1) is 11.9 Å². The topological polar surface area (TPSA) is 116 Å². The van der Waals surface area contributed by atoms with Crippen molar-refractivity contribution in [3.63, 3.8) is 0 Å². The van der Waals surface area contributed by atoms with Crippen LogP contribution in [-0.4, -0.2) is 21.2 Å². The highest BCUT2D eigenvalue weighted by Crippen LogP contribution is 2.22. The van der Waals surface area contributed by atoms with Crippen LogP contribution in [0.3, 0.4) is 0 Å². The van der Waals surface area contributed by atoms with Crippen LogP contribution in [-0.2, 0) is 0 Å². The smallest absolute Gasteiger partial charge is 0.270 e. The molecule has 2 aromatic heterocycles. The number of pyridine rings is 1. The van der Waals surface area contributed by atoms with Crippen LogP contribution in [0.25, 0.3) is 11.3 Å². The van der Waals surface area contributed by atoms with Crippen LogP contribution in [0.5, 0.6) is 11.6 Å². The standard InChI is InChI=1S/C23H15BrN6O2/c24-17-9-10-20(26-14-17)32-18-8-4-5-15(11-18)13-27-30-23-28-21(16-6-2-1-3-7-16)19(12-25)22(31)29-23/h1-11,13-14H,(H2,28,29,30,31). The summed E-state index contributed by atoms with van der Waals surface area (Å²) in [5.41, 5.74) is 3.80. The number of hydrazone groups is 1. The molecule has 4 rings (SSSR count). The Labute approximate surface area is 191 Å². The average molecular weight is 487 g/mol. The lowest BCUT2D eigenvalue weighted by Gasteiger charge is -2.06. The van der Waals surface area contributed by atoms with E-state index in [1.165, 1.54) is 0 Å². The van der Waals surface area contributed by atoms with Gasteiger partial charge >= 0.3 is 0 Å². The maximum atomic E-state index is 12.3. The Morgan fingerprint density at radius 3 is 2.72 bits per heavy atom. The molecule has 8 nitrogen and oxygen atoms in total. The number of nitriles is 1. The van der Waals surface area contributed by atoms with Crippen LogP contribution in [0.15, 0.2) is 87.3 Å². The van der Waals surface area contributed by atoms with Crippen molar-refractivity contribution in [3.8, 4) is 29.0 Å². The van der Waals surface area contributed by atoms with Crippen molar-refractivity contribution in [1.29, 1.82) is 5.26 Å². The summed E-state index contributed by atoms with van der Waals surface area (Å²) in [4.78, 5) is 23.4. The van der Waals surface area contributed by atoms with Crippen LogP contribution in [0.4, 0.5) is 5.95 Å². The van der Waals surface area contributed by atoms with Crippen molar-refractivity contribution in [1.82, 2.24) is 15.0 Å². The van der Waals surface area contributed by atoms with Crippen LogP contribution >= 0.6 is 15.9 Å². The minimum atomic E-state index is -0.545. The van der Waals surface area contributed by atoms with E-state index in [0.29, 0.717) is 17.2 Å². The molecule has 2 N–H and O–H groups in total. The molecule has 156 valence electrons. The fourth-order valence-electron chi connectivity index (χ4n) is 2.80. The van der Waals surface area contributed by atoms with Gasteiger partial charge < -0.3 is 4.74 Å². The average Bonchev–Trinajstić information content (AvgIpc) is 2.81. The molecular weight excluding hydrogens is 472 g/mol. The summed E-state index contributed by atoms with van der Waals surface area (Å²) < 4.78 is 6.60. The largest absolute Gasteiger partial charge is 0.439 e. The number of aromatic amines is 1. The number of H-pyrrole nitrogens is 1. The number of hydrogen-bond donors (Lipinski definition) is 2. The van der Waals surface area contributed by atoms with Crippen LogP contribution in [0, 0.1) is 11.3 Å². The van der Waals surface area contributed by atoms with Gasteiger partial charge in [0, 0.05) is 22.3 Å². The van der Waals surface area contributed by atoms with Gasteiger partial charge in [0.25, 0.3) is 5.56 Å². The zero-order valence-electron chi connectivity index (χ0n) is 16.5. The lowest BCUT2D eigenvalue weighted by molar-refractivity contribution is 0.462. The first-order valence-corrected chi connectivity index (χ1v) is 10.2. The van der Waals surface area contributed by atoms with E-state index >= 15 is 0 Å². The maximum Gasteiger partial charge on any atom is 0.270 e.